The minimum atomic E-state index is -4.53. The van der Waals surface area contributed by atoms with Crippen LogP contribution in [0.2, 0.25) is 0 Å². The van der Waals surface area contributed by atoms with Crippen molar-refractivity contribution < 1.29 is 27.8 Å². The molecule has 3 nitrogen and oxygen atoms in total. The number of rotatable bonds is 4. The molecule has 0 aliphatic heterocycles. The van der Waals surface area contributed by atoms with E-state index in [-0.39, 0.29) is 30.1 Å². The predicted molar refractivity (Wildman–Crippen MR) is 112 cm³/mol. The summed E-state index contributed by atoms with van der Waals surface area (Å²) in [5, 5.41) is 10.4. The summed E-state index contributed by atoms with van der Waals surface area (Å²) in [5.41, 5.74) is -2.28. The Labute approximate surface area is 184 Å². The Morgan fingerprint density at radius 3 is 2.39 bits per heavy atom. The summed E-state index contributed by atoms with van der Waals surface area (Å²) < 4.78 is 45.3. The number of esters is 1. The molecule has 8 atom stereocenters. The second-order valence-corrected chi connectivity index (χ2v) is 11.7. The van der Waals surface area contributed by atoms with Gasteiger partial charge < -0.3 is 9.84 Å². The molecule has 1 N–H and O–H groups in total. The highest BCUT2D eigenvalue weighted by atomic mass is 19.4. The smallest absolute Gasteiger partial charge is 0.417 e. The van der Waals surface area contributed by atoms with Crippen molar-refractivity contribution >= 4 is 5.97 Å². The van der Waals surface area contributed by atoms with Gasteiger partial charge in [-0.05, 0) is 111 Å². The zero-order valence-electron chi connectivity index (χ0n) is 19.3. The topological polar surface area (TPSA) is 46.5 Å². The van der Waals surface area contributed by atoms with Crippen molar-refractivity contribution in [3.8, 4) is 0 Å². The molecule has 7 unspecified atom stereocenters. The van der Waals surface area contributed by atoms with Gasteiger partial charge in [-0.25, -0.2) is 0 Å². The molecular formula is C25H39F3O3. The normalized spacial score (nSPS) is 47.3. The van der Waals surface area contributed by atoms with Crippen molar-refractivity contribution in [2.45, 2.75) is 103 Å². The van der Waals surface area contributed by atoms with Gasteiger partial charge in [0.15, 0.2) is 5.60 Å². The van der Waals surface area contributed by atoms with Crippen LogP contribution in [0.4, 0.5) is 13.2 Å². The van der Waals surface area contributed by atoms with E-state index in [0.29, 0.717) is 41.9 Å². The van der Waals surface area contributed by atoms with Crippen molar-refractivity contribution in [1.29, 1.82) is 0 Å². The quantitative estimate of drug-likeness (QED) is 0.519. The third-order valence-corrected chi connectivity index (χ3v) is 10.6. The standard InChI is InChI=1S/C25H39F3O3/c1-22-12-11-20-18(19(22)10-8-16(22)5-4-6-21(29)31-3)9-7-17-15-24(30,25(26,27)28)14-13-23(17,20)2/h16-20,30H,4-15H2,1-3H3/t16?,17?,18?,19?,20?,22?,23?,24-/m0/s1. The number of hydrogen-bond acceptors (Lipinski definition) is 3. The van der Waals surface area contributed by atoms with E-state index in [0.717, 1.165) is 38.5 Å². The first-order valence-corrected chi connectivity index (χ1v) is 12.3. The lowest BCUT2D eigenvalue weighted by Crippen LogP contribution is -2.59. The van der Waals surface area contributed by atoms with E-state index in [1.165, 1.54) is 20.0 Å². The van der Waals surface area contributed by atoms with Crippen LogP contribution in [0.25, 0.3) is 0 Å². The molecule has 0 spiro atoms. The van der Waals surface area contributed by atoms with Gasteiger partial charge in [-0.3, -0.25) is 4.79 Å². The average molecular weight is 445 g/mol. The van der Waals surface area contributed by atoms with Crippen LogP contribution in [0.1, 0.15) is 90.9 Å². The molecule has 178 valence electrons. The average Bonchev–Trinajstić information content (AvgIpc) is 3.04. The van der Waals surface area contributed by atoms with Crippen molar-refractivity contribution in [2.24, 2.45) is 40.4 Å². The SMILES string of the molecule is COC(=O)CCCC1CCC2C3CCC4C[C@](O)(C(F)(F)F)CCC4(C)C3CCC12C. The summed E-state index contributed by atoms with van der Waals surface area (Å²) in [6.07, 6.45) is 4.62. The van der Waals surface area contributed by atoms with Crippen LogP contribution in [0.3, 0.4) is 0 Å². The van der Waals surface area contributed by atoms with Crippen LogP contribution >= 0.6 is 0 Å². The van der Waals surface area contributed by atoms with Gasteiger partial charge in [0, 0.05) is 6.42 Å². The Kier molecular flexibility index (Phi) is 5.97. The monoisotopic (exact) mass is 444 g/mol. The third kappa shape index (κ3) is 3.73. The fourth-order valence-corrected chi connectivity index (χ4v) is 8.68. The summed E-state index contributed by atoms with van der Waals surface area (Å²) in [5.74, 6) is 2.20. The number of halogens is 3. The Balaban J connectivity index is 1.46. The highest BCUT2D eigenvalue weighted by molar-refractivity contribution is 5.68. The molecule has 4 fully saturated rings. The Morgan fingerprint density at radius 1 is 1.00 bits per heavy atom. The van der Waals surface area contributed by atoms with E-state index in [1.54, 1.807) is 0 Å². The highest BCUT2D eigenvalue weighted by Gasteiger charge is 2.64. The van der Waals surface area contributed by atoms with Crippen LogP contribution in [0.15, 0.2) is 0 Å². The van der Waals surface area contributed by atoms with E-state index in [1.807, 2.05) is 0 Å². The van der Waals surface area contributed by atoms with E-state index in [4.69, 9.17) is 4.74 Å². The molecular weight excluding hydrogens is 405 g/mol. The van der Waals surface area contributed by atoms with Crippen LogP contribution < -0.4 is 0 Å². The number of hydrogen-bond donors (Lipinski definition) is 1. The third-order valence-electron chi connectivity index (χ3n) is 10.6. The predicted octanol–water partition coefficient (Wildman–Crippen LogP) is 6.28. The summed E-state index contributed by atoms with van der Waals surface area (Å²) in [6, 6.07) is 0. The number of aliphatic hydroxyl groups is 1. The first kappa shape index (κ1) is 23.4. The maximum absolute atomic E-state index is 13.5. The van der Waals surface area contributed by atoms with Crippen LogP contribution in [-0.4, -0.2) is 30.0 Å². The maximum Gasteiger partial charge on any atom is 0.417 e. The van der Waals surface area contributed by atoms with Crippen molar-refractivity contribution in [2.75, 3.05) is 7.11 Å². The zero-order chi connectivity index (χ0) is 22.7. The van der Waals surface area contributed by atoms with Gasteiger partial charge in [-0.1, -0.05) is 13.8 Å². The van der Waals surface area contributed by atoms with E-state index < -0.39 is 11.8 Å². The zero-order valence-corrected chi connectivity index (χ0v) is 19.3. The Morgan fingerprint density at radius 2 is 1.71 bits per heavy atom. The Bertz CT molecular complexity index is 694. The molecule has 31 heavy (non-hydrogen) atoms. The van der Waals surface area contributed by atoms with Gasteiger partial charge in [-0.15, -0.1) is 0 Å². The van der Waals surface area contributed by atoms with Gasteiger partial charge in [0.2, 0.25) is 0 Å². The summed E-state index contributed by atoms with van der Waals surface area (Å²) in [4.78, 5) is 11.5. The highest BCUT2D eigenvalue weighted by Crippen LogP contribution is 2.69. The molecule has 4 aliphatic rings. The van der Waals surface area contributed by atoms with Crippen LogP contribution in [0, 0.1) is 40.4 Å². The largest absolute Gasteiger partial charge is 0.469 e. The van der Waals surface area contributed by atoms with Gasteiger partial charge in [0.05, 0.1) is 7.11 Å². The number of ether oxygens (including phenoxy) is 1. The van der Waals surface area contributed by atoms with E-state index >= 15 is 0 Å². The molecule has 4 rings (SSSR count). The number of carbonyl (C=O) groups is 1. The van der Waals surface area contributed by atoms with E-state index in [9.17, 15) is 23.1 Å². The van der Waals surface area contributed by atoms with Gasteiger partial charge in [0.25, 0.3) is 0 Å². The molecule has 0 saturated heterocycles. The molecule has 0 amide bonds. The lowest BCUT2D eigenvalue weighted by Gasteiger charge is -2.62. The van der Waals surface area contributed by atoms with Gasteiger partial charge in [0.1, 0.15) is 0 Å². The minimum Gasteiger partial charge on any atom is -0.469 e. The van der Waals surface area contributed by atoms with E-state index in [2.05, 4.69) is 13.8 Å². The fraction of sp³-hybridized carbons (Fsp3) is 0.960. The second-order valence-electron chi connectivity index (χ2n) is 11.7. The number of carbonyl (C=O) groups excluding carboxylic acids is 1. The van der Waals surface area contributed by atoms with Gasteiger partial charge >= 0.3 is 12.1 Å². The molecule has 0 radical (unpaired) electrons. The van der Waals surface area contributed by atoms with Crippen molar-refractivity contribution in [3.05, 3.63) is 0 Å². The molecule has 4 aliphatic carbocycles. The summed E-state index contributed by atoms with van der Waals surface area (Å²) in [6.45, 7) is 4.68. The lowest BCUT2D eigenvalue weighted by molar-refractivity contribution is -0.290. The molecule has 0 heterocycles. The number of fused-ring (bicyclic) bond motifs is 5. The molecule has 0 aromatic heterocycles. The minimum absolute atomic E-state index is 0.0317. The Hall–Kier alpha value is -0.780. The maximum atomic E-state index is 13.5. The summed E-state index contributed by atoms with van der Waals surface area (Å²) >= 11 is 0. The van der Waals surface area contributed by atoms with Crippen molar-refractivity contribution in [1.82, 2.24) is 0 Å². The summed E-state index contributed by atoms with van der Waals surface area (Å²) in [7, 11) is 1.44. The molecule has 0 bridgehead atoms. The molecule has 4 saturated carbocycles. The second kappa shape index (κ2) is 7.92. The van der Waals surface area contributed by atoms with Crippen LogP contribution in [-0.2, 0) is 9.53 Å². The molecule has 0 aromatic rings. The number of alkyl halides is 3. The molecule has 0 aromatic carbocycles. The van der Waals surface area contributed by atoms with Crippen molar-refractivity contribution in [3.63, 3.8) is 0 Å². The van der Waals surface area contributed by atoms with Crippen LogP contribution in [0.5, 0.6) is 0 Å². The number of methoxy groups -OCH3 is 1. The molecule has 6 heteroatoms. The first-order chi connectivity index (χ1) is 14.4. The first-order valence-electron chi connectivity index (χ1n) is 12.3. The fourth-order valence-electron chi connectivity index (χ4n) is 8.68. The lowest BCUT2D eigenvalue weighted by atomic mass is 9.43. The van der Waals surface area contributed by atoms with Gasteiger partial charge in [-0.2, -0.15) is 13.2 Å².